The van der Waals surface area contributed by atoms with Crippen LogP contribution in [-0.4, -0.2) is 47.6 Å². The van der Waals surface area contributed by atoms with Crippen molar-refractivity contribution in [3.05, 3.63) is 100 Å². The van der Waals surface area contributed by atoms with Crippen LogP contribution in [0.3, 0.4) is 0 Å². The van der Waals surface area contributed by atoms with Gasteiger partial charge in [0.2, 0.25) is 11.7 Å². The van der Waals surface area contributed by atoms with Gasteiger partial charge in [-0.25, -0.2) is 4.39 Å². The Labute approximate surface area is 246 Å². The number of ether oxygens (including phenoxy) is 1. The van der Waals surface area contributed by atoms with Gasteiger partial charge in [-0.05, 0) is 67.4 Å². The summed E-state index contributed by atoms with van der Waals surface area (Å²) in [7, 11) is 0. The number of aromatic nitrogens is 1. The highest BCUT2D eigenvalue weighted by atomic mass is 35.5. The molecule has 0 aliphatic carbocycles. The van der Waals surface area contributed by atoms with Gasteiger partial charge in [-0.1, -0.05) is 46.6 Å². The number of rotatable bonds is 5. The van der Waals surface area contributed by atoms with Crippen molar-refractivity contribution in [3.8, 4) is 17.0 Å². The average Bonchev–Trinajstić information content (AvgIpc) is 3.46. The molecule has 3 heterocycles. The highest BCUT2D eigenvalue weighted by Gasteiger charge is 2.51. The topological polar surface area (TPSA) is 75.9 Å². The molecule has 41 heavy (non-hydrogen) atoms. The molecule has 2 saturated heterocycles. The number of carbonyl (C=O) groups excluding carboxylic acids is 2. The molecule has 0 radical (unpaired) electrons. The zero-order valence-corrected chi connectivity index (χ0v) is 23.4. The summed E-state index contributed by atoms with van der Waals surface area (Å²) >= 11 is 12.3. The molecule has 10 heteroatoms. The van der Waals surface area contributed by atoms with Crippen LogP contribution in [-0.2, 0) is 4.79 Å². The standard InChI is InChI=1S/C31H26Cl2FN3O4/c32-20-9-11-22(12-10-20)37-18-24(40-23-6-3-5-21(33)15-23)17-31(30(37)39)13-4-14-36(19-31)29(38)28-16-27(35-41-28)25-7-1-2-8-26(25)34/h1-3,5-12,15-16,24H,4,13-14,17-19H2/t24-,31-/m1/s1. The van der Waals surface area contributed by atoms with E-state index in [9.17, 15) is 14.0 Å². The molecular formula is C31H26Cl2FN3O4. The van der Waals surface area contributed by atoms with Gasteiger partial charge in [0.1, 0.15) is 23.4 Å². The number of piperidine rings is 2. The molecule has 210 valence electrons. The fraction of sp³-hybridized carbons (Fsp3) is 0.258. The number of benzene rings is 3. The summed E-state index contributed by atoms with van der Waals surface area (Å²) in [5, 5.41) is 5.04. The van der Waals surface area contributed by atoms with Crippen molar-refractivity contribution in [1.29, 1.82) is 0 Å². The van der Waals surface area contributed by atoms with E-state index in [-0.39, 0.29) is 35.6 Å². The molecule has 0 bridgehead atoms. The Morgan fingerprint density at radius 2 is 1.83 bits per heavy atom. The summed E-state index contributed by atoms with van der Waals surface area (Å²) in [6.07, 6.45) is 1.27. The summed E-state index contributed by atoms with van der Waals surface area (Å²) in [5.74, 6) is -0.340. The van der Waals surface area contributed by atoms with Crippen molar-refractivity contribution in [2.24, 2.45) is 5.41 Å². The Morgan fingerprint density at radius 1 is 1.02 bits per heavy atom. The van der Waals surface area contributed by atoms with E-state index >= 15 is 0 Å². The number of nitrogens with zero attached hydrogens (tertiary/aromatic N) is 3. The van der Waals surface area contributed by atoms with E-state index in [1.807, 2.05) is 12.1 Å². The van der Waals surface area contributed by atoms with Crippen molar-refractivity contribution in [2.75, 3.05) is 24.5 Å². The molecule has 2 aliphatic heterocycles. The Kier molecular flexibility index (Phi) is 7.45. The lowest BCUT2D eigenvalue weighted by Gasteiger charge is -2.49. The SMILES string of the molecule is O=C(c1cc(-c2ccccc2F)no1)N1CCC[C@@]2(C[C@@H](Oc3cccc(Cl)c3)CN(c3ccc(Cl)cc3)C2=O)C1. The predicted molar refractivity (Wildman–Crippen MR) is 154 cm³/mol. The molecule has 2 aliphatic rings. The first-order valence-corrected chi connectivity index (χ1v) is 14.1. The fourth-order valence-electron chi connectivity index (χ4n) is 5.79. The van der Waals surface area contributed by atoms with Crippen LogP contribution >= 0.6 is 23.2 Å². The number of hydrogen-bond donors (Lipinski definition) is 0. The van der Waals surface area contributed by atoms with Gasteiger partial charge < -0.3 is 19.1 Å². The third kappa shape index (κ3) is 5.54. The first-order chi connectivity index (χ1) is 19.8. The first-order valence-electron chi connectivity index (χ1n) is 13.3. The van der Waals surface area contributed by atoms with Crippen molar-refractivity contribution >= 4 is 40.7 Å². The smallest absolute Gasteiger partial charge is 0.292 e. The summed E-state index contributed by atoms with van der Waals surface area (Å²) in [5.41, 5.74) is 0.290. The van der Waals surface area contributed by atoms with Gasteiger partial charge in [0.25, 0.3) is 5.91 Å². The minimum absolute atomic E-state index is 0.00940. The quantitative estimate of drug-likeness (QED) is 0.252. The second-order valence-corrected chi connectivity index (χ2v) is 11.3. The Hall–Kier alpha value is -3.88. The molecule has 0 saturated carbocycles. The molecule has 4 aromatic rings. The van der Waals surface area contributed by atoms with Gasteiger partial charge in [0.05, 0.1) is 12.0 Å². The van der Waals surface area contributed by atoms with E-state index in [1.165, 1.54) is 12.1 Å². The maximum atomic E-state index is 14.3. The van der Waals surface area contributed by atoms with E-state index < -0.39 is 17.1 Å². The molecule has 2 fully saturated rings. The van der Waals surface area contributed by atoms with Gasteiger partial charge in [0.15, 0.2) is 0 Å². The Balaban J connectivity index is 1.29. The normalized spacial score (nSPS) is 20.9. The van der Waals surface area contributed by atoms with Crippen molar-refractivity contribution < 1.29 is 23.2 Å². The zero-order chi connectivity index (χ0) is 28.6. The third-order valence-electron chi connectivity index (χ3n) is 7.68. The van der Waals surface area contributed by atoms with Gasteiger partial charge in [-0.2, -0.15) is 0 Å². The van der Waals surface area contributed by atoms with E-state index in [4.69, 9.17) is 32.5 Å². The summed E-state index contributed by atoms with van der Waals surface area (Å²) in [4.78, 5) is 31.1. The zero-order valence-electron chi connectivity index (χ0n) is 21.9. The van der Waals surface area contributed by atoms with Gasteiger partial charge in [-0.3, -0.25) is 9.59 Å². The average molecular weight is 594 g/mol. The Bertz CT molecular complexity index is 1590. The lowest BCUT2D eigenvalue weighted by Crippen LogP contribution is -2.61. The number of halogens is 3. The van der Waals surface area contributed by atoms with Gasteiger partial charge in [-0.15, -0.1) is 0 Å². The van der Waals surface area contributed by atoms with E-state index in [1.54, 1.807) is 64.4 Å². The van der Waals surface area contributed by atoms with Crippen LogP contribution in [0.5, 0.6) is 5.75 Å². The highest BCUT2D eigenvalue weighted by molar-refractivity contribution is 6.31. The van der Waals surface area contributed by atoms with Gasteiger partial charge in [0, 0.05) is 46.9 Å². The second-order valence-electron chi connectivity index (χ2n) is 10.5. The molecular weight excluding hydrogens is 568 g/mol. The number of hydrogen-bond acceptors (Lipinski definition) is 5. The predicted octanol–water partition coefficient (Wildman–Crippen LogP) is 6.89. The fourth-order valence-corrected chi connectivity index (χ4v) is 6.10. The summed E-state index contributed by atoms with van der Waals surface area (Å²) in [6, 6.07) is 21.8. The van der Waals surface area contributed by atoms with Crippen LogP contribution in [0, 0.1) is 11.2 Å². The minimum atomic E-state index is -0.885. The molecule has 2 amide bonds. The van der Waals surface area contributed by atoms with Crippen molar-refractivity contribution in [2.45, 2.75) is 25.4 Å². The molecule has 7 nitrogen and oxygen atoms in total. The molecule has 6 rings (SSSR count). The molecule has 0 unspecified atom stereocenters. The lowest BCUT2D eigenvalue weighted by molar-refractivity contribution is -0.136. The molecule has 1 aromatic heterocycles. The largest absolute Gasteiger partial charge is 0.488 e. The van der Waals surface area contributed by atoms with Crippen LogP contribution < -0.4 is 9.64 Å². The van der Waals surface area contributed by atoms with E-state index in [0.29, 0.717) is 53.8 Å². The van der Waals surface area contributed by atoms with Crippen molar-refractivity contribution in [1.82, 2.24) is 10.1 Å². The third-order valence-corrected chi connectivity index (χ3v) is 8.16. The summed E-state index contributed by atoms with van der Waals surface area (Å²) in [6.45, 7) is 0.959. The van der Waals surface area contributed by atoms with Gasteiger partial charge >= 0.3 is 0 Å². The lowest BCUT2D eigenvalue weighted by atomic mass is 9.71. The van der Waals surface area contributed by atoms with Crippen molar-refractivity contribution in [3.63, 3.8) is 0 Å². The van der Waals surface area contributed by atoms with Crippen LogP contribution in [0.1, 0.15) is 29.8 Å². The Morgan fingerprint density at radius 3 is 2.61 bits per heavy atom. The molecule has 0 N–H and O–H groups in total. The minimum Gasteiger partial charge on any atom is -0.488 e. The molecule has 2 atom stereocenters. The highest BCUT2D eigenvalue weighted by Crippen LogP contribution is 2.43. The van der Waals surface area contributed by atoms with Crippen LogP contribution in [0.15, 0.2) is 83.4 Å². The molecule has 1 spiro atoms. The number of carbonyl (C=O) groups is 2. The maximum Gasteiger partial charge on any atom is 0.292 e. The number of amides is 2. The molecule has 3 aromatic carbocycles. The second kappa shape index (κ2) is 11.2. The van der Waals surface area contributed by atoms with E-state index in [0.717, 1.165) is 0 Å². The van der Waals surface area contributed by atoms with E-state index in [2.05, 4.69) is 5.16 Å². The van der Waals surface area contributed by atoms with Crippen LogP contribution in [0.25, 0.3) is 11.3 Å². The maximum absolute atomic E-state index is 14.3. The number of likely N-dealkylation sites (tertiary alicyclic amines) is 1. The van der Waals surface area contributed by atoms with Crippen LogP contribution in [0.4, 0.5) is 10.1 Å². The first kappa shape index (κ1) is 27.3. The monoisotopic (exact) mass is 593 g/mol. The van der Waals surface area contributed by atoms with Crippen LogP contribution in [0.2, 0.25) is 10.0 Å². The number of anilines is 1. The summed E-state index contributed by atoms with van der Waals surface area (Å²) < 4.78 is 26.0.